The van der Waals surface area contributed by atoms with E-state index < -0.39 is 0 Å². The van der Waals surface area contributed by atoms with Gasteiger partial charge in [0.15, 0.2) is 5.96 Å². The Morgan fingerprint density at radius 1 is 1.50 bits per heavy atom. The molecule has 0 aromatic carbocycles. The Morgan fingerprint density at radius 2 is 2.14 bits per heavy atom. The van der Waals surface area contributed by atoms with Crippen molar-refractivity contribution in [2.45, 2.75) is 46.1 Å². The van der Waals surface area contributed by atoms with E-state index in [0.29, 0.717) is 5.92 Å². The molecule has 1 aliphatic rings. The third-order valence-electron chi connectivity index (χ3n) is 2.80. The first-order valence-corrected chi connectivity index (χ1v) is 5.51. The van der Waals surface area contributed by atoms with Gasteiger partial charge in [0.05, 0.1) is 0 Å². The van der Waals surface area contributed by atoms with Crippen molar-refractivity contribution in [1.29, 1.82) is 0 Å². The molecule has 1 saturated heterocycles. The van der Waals surface area contributed by atoms with Crippen LogP contribution in [0.25, 0.3) is 0 Å². The van der Waals surface area contributed by atoms with E-state index in [1.165, 1.54) is 12.8 Å². The van der Waals surface area contributed by atoms with Gasteiger partial charge in [0.25, 0.3) is 0 Å². The number of rotatable bonds is 2. The standard InChI is InChI=1S/C11H23N3/c1-9(2)8-13-10(12)14-7-5-6-11(14,3)4/h9H,5-8H2,1-4H3,(H2,12,13). The Labute approximate surface area is 87.4 Å². The molecule has 0 bridgehead atoms. The Balaban J connectivity index is 2.60. The highest BCUT2D eigenvalue weighted by molar-refractivity contribution is 5.79. The molecule has 0 aromatic heterocycles. The number of hydrogen-bond acceptors (Lipinski definition) is 1. The Bertz CT molecular complexity index is 219. The largest absolute Gasteiger partial charge is 0.370 e. The number of aliphatic imine (C=N–C) groups is 1. The van der Waals surface area contributed by atoms with E-state index in [4.69, 9.17) is 5.73 Å². The average molecular weight is 197 g/mol. The monoisotopic (exact) mass is 197 g/mol. The first kappa shape index (κ1) is 11.3. The second-order valence-corrected chi connectivity index (χ2v) is 5.16. The normalized spacial score (nSPS) is 22.1. The van der Waals surface area contributed by atoms with Gasteiger partial charge in [-0.25, -0.2) is 0 Å². The third kappa shape index (κ3) is 2.63. The number of nitrogens with zero attached hydrogens (tertiary/aromatic N) is 2. The maximum atomic E-state index is 5.98. The van der Waals surface area contributed by atoms with Gasteiger partial charge in [-0.2, -0.15) is 0 Å². The van der Waals surface area contributed by atoms with Gasteiger partial charge in [-0.15, -0.1) is 0 Å². The van der Waals surface area contributed by atoms with Crippen LogP contribution in [-0.2, 0) is 0 Å². The summed E-state index contributed by atoms with van der Waals surface area (Å²) >= 11 is 0. The van der Waals surface area contributed by atoms with Crippen LogP contribution in [-0.4, -0.2) is 29.5 Å². The number of guanidine groups is 1. The quantitative estimate of drug-likeness (QED) is 0.542. The summed E-state index contributed by atoms with van der Waals surface area (Å²) in [5.74, 6) is 1.31. The van der Waals surface area contributed by atoms with Crippen molar-refractivity contribution in [3.8, 4) is 0 Å². The maximum absolute atomic E-state index is 5.98. The van der Waals surface area contributed by atoms with Gasteiger partial charge in [0, 0.05) is 18.6 Å². The Hall–Kier alpha value is -0.730. The van der Waals surface area contributed by atoms with Gasteiger partial charge in [-0.05, 0) is 32.6 Å². The molecule has 3 heteroatoms. The molecule has 0 aromatic rings. The van der Waals surface area contributed by atoms with Crippen LogP contribution in [0.15, 0.2) is 4.99 Å². The van der Waals surface area contributed by atoms with Crippen molar-refractivity contribution >= 4 is 5.96 Å². The predicted molar refractivity (Wildman–Crippen MR) is 61.3 cm³/mol. The van der Waals surface area contributed by atoms with E-state index in [1.54, 1.807) is 0 Å². The smallest absolute Gasteiger partial charge is 0.191 e. The summed E-state index contributed by atoms with van der Waals surface area (Å²) in [5.41, 5.74) is 6.18. The first-order valence-electron chi connectivity index (χ1n) is 5.51. The zero-order valence-electron chi connectivity index (χ0n) is 9.88. The molecule has 0 amide bonds. The molecule has 0 saturated carbocycles. The fraction of sp³-hybridized carbons (Fsp3) is 0.909. The van der Waals surface area contributed by atoms with Crippen LogP contribution in [0.5, 0.6) is 0 Å². The number of nitrogens with two attached hydrogens (primary N) is 1. The van der Waals surface area contributed by atoms with Gasteiger partial charge in [-0.3, -0.25) is 4.99 Å². The Kier molecular flexibility index (Phi) is 3.40. The SMILES string of the molecule is CC(C)CN=C(N)N1CCCC1(C)C. The summed E-state index contributed by atoms with van der Waals surface area (Å²) in [6.45, 7) is 10.7. The molecule has 0 atom stereocenters. The summed E-state index contributed by atoms with van der Waals surface area (Å²) in [6, 6.07) is 0. The van der Waals surface area contributed by atoms with Crippen molar-refractivity contribution in [2.24, 2.45) is 16.6 Å². The lowest BCUT2D eigenvalue weighted by Gasteiger charge is -2.32. The molecule has 3 nitrogen and oxygen atoms in total. The van der Waals surface area contributed by atoms with Crippen LogP contribution in [0.3, 0.4) is 0 Å². The van der Waals surface area contributed by atoms with Gasteiger partial charge in [-0.1, -0.05) is 13.8 Å². The molecule has 1 rings (SSSR count). The zero-order chi connectivity index (χ0) is 10.8. The van der Waals surface area contributed by atoms with Crippen molar-refractivity contribution in [3.05, 3.63) is 0 Å². The minimum atomic E-state index is 0.199. The summed E-state index contributed by atoms with van der Waals surface area (Å²) < 4.78 is 0. The fourth-order valence-electron chi connectivity index (χ4n) is 1.89. The fourth-order valence-corrected chi connectivity index (χ4v) is 1.89. The second kappa shape index (κ2) is 4.20. The molecule has 0 radical (unpaired) electrons. The van der Waals surface area contributed by atoms with E-state index >= 15 is 0 Å². The van der Waals surface area contributed by atoms with Crippen LogP contribution in [0.4, 0.5) is 0 Å². The molecule has 1 fully saturated rings. The van der Waals surface area contributed by atoms with E-state index in [-0.39, 0.29) is 5.54 Å². The van der Waals surface area contributed by atoms with Gasteiger partial charge < -0.3 is 10.6 Å². The molecule has 82 valence electrons. The van der Waals surface area contributed by atoms with Crippen LogP contribution in [0, 0.1) is 5.92 Å². The molecule has 14 heavy (non-hydrogen) atoms. The highest BCUT2D eigenvalue weighted by Crippen LogP contribution is 2.27. The van der Waals surface area contributed by atoms with Crippen molar-refractivity contribution in [3.63, 3.8) is 0 Å². The Morgan fingerprint density at radius 3 is 2.57 bits per heavy atom. The zero-order valence-corrected chi connectivity index (χ0v) is 9.88. The lowest BCUT2D eigenvalue weighted by Crippen LogP contribution is -2.46. The molecular weight excluding hydrogens is 174 g/mol. The topological polar surface area (TPSA) is 41.6 Å². The van der Waals surface area contributed by atoms with Crippen molar-refractivity contribution in [1.82, 2.24) is 4.90 Å². The van der Waals surface area contributed by atoms with Crippen LogP contribution < -0.4 is 5.73 Å². The van der Waals surface area contributed by atoms with E-state index in [0.717, 1.165) is 19.0 Å². The van der Waals surface area contributed by atoms with Crippen molar-refractivity contribution < 1.29 is 0 Å². The summed E-state index contributed by atoms with van der Waals surface area (Å²) in [5, 5.41) is 0. The lowest BCUT2D eigenvalue weighted by molar-refractivity contribution is 0.278. The van der Waals surface area contributed by atoms with Crippen LogP contribution in [0.1, 0.15) is 40.5 Å². The van der Waals surface area contributed by atoms with Crippen LogP contribution >= 0.6 is 0 Å². The van der Waals surface area contributed by atoms with Gasteiger partial charge >= 0.3 is 0 Å². The molecule has 2 N–H and O–H groups in total. The summed E-state index contributed by atoms with van der Waals surface area (Å²) in [7, 11) is 0. The molecule has 0 unspecified atom stereocenters. The highest BCUT2D eigenvalue weighted by Gasteiger charge is 2.32. The van der Waals surface area contributed by atoms with Gasteiger partial charge in [0.2, 0.25) is 0 Å². The molecule has 0 aliphatic carbocycles. The van der Waals surface area contributed by atoms with Crippen molar-refractivity contribution in [2.75, 3.05) is 13.1 Å². The minimum absolute atomic E-state index is 0.199. The predicted octanol–water partition coefficient (Wildman–Crippen LogP) is 1.83. The van der Waals surface area contributed by atoms with E-state index in [9.17, 15) is 0 Å². The average Bonchev–Trinajstić information content (AvgIpc) is 2.41. The second-order valence-electron chi connectivity index (χ2n) is 5.16. The number of likely N-dealkylation sites (tertiary alicyclic amines) is 1. The lowest BCUT2D eigenvalue weighted by atomic mass is 10.0. The van der Waals surface area contributed by atoms with E-state index in [2.05, 4.69) is 37.6 Å². The summed E-state index contributed by atoms with van der Waals surface area (Å²) in [4.78, 5) is 6.65. The van der Waals surface area contributed by atoms with E-state index in [1.807, 2.05) is 0 Å². The van der Waals surface area contributed by atoms with Crippen LogP contribution in [0.2, 0.25) is 0 Å². The molecule has 1 heterocycles. The number of hydrogen-bond donors (Lipinski definition) is 1. The first-order chi connectivity index (χ1) is 6.43. The molecule has 0 spiro atoms. The molecule has 1 aliphatic heterocycles. The summed E-state index contributed by atoms with van der Waals surface area (Å²) in [6.07, 6.45) is 2.44. The molecular formula is C11H23N3. The third-order valence-corrected chi connectivity index (χ3v) is 2.80. The maximum Gasteiger partial charge on any atom is 0.191 e. The van der Waals surface area contributed by atoms with Gasteiger partial charge in [0.1, 0.15) is 0 Å². The minimum Gasteiger partial charge on any atom is -0.370 e. The highest BCUT2D eigenvalue weighted by atomic mass is 15.3.